The van der Waals surface area contributed by atoms with Crippen molar-refractivity contribution in [1.29, 1.82) is 0 Å². The number of aryl methyl sites for hydroxylation is 2. The van der Waals surface area contributed by atoms with Crippen molar-refractivity contribution in [1.82, 2.24) is 10.0 Å². The Morgan fingerprint density at radius 1 is 1.03 bits per heavy atom. The van der Waals surface area contributed by atoms with Crippen molar-refractivity contribution < 1.29 is 26.3 Å². The van der Waals surface area contributed by atoms with Crippen LogP contribution in [-0.4, -0.2) is 29.6 Å². The minimum atomic E-state index is -4.95. The van der Waals surface area contributed by atoms with Gasteiger partial charge in [0.15, 0.2) is 0 Å². The summed E-state index contributed by atoms with van der Waals surface area (Å²) in [6.45, 7) is 4.15. The largest absolute Gasteiger partial charge is 0.416 e. The number of nitrogens with two attached hydrogens (primary N) is 2. The van der Waals surface area contributed by atoms with Gasteiger partial charge >= 0.3 is 12.4 Å². The van der Waals surface area contributed by atoms with Crippen LogP contribution < -0.4 is 16.9 Å². The number of halogens is 6. The zero-order valence-corrected chi connectivity index (χ0v) is 19.6. The Labute approximate surface area is 199 Å². The predicted molar refractivity (Wildman–Crippen MR) is 122 cm³/mol. The quantitative estimate of drug-likeness (QED) is 0.178. The van der Waals surface area contributed by atoms with Crippen molar-refractivity contribution in [2.75, 3.05) is 18.9 Å². The highest BCUT2D eigenvalue weighted by atomic mass is 19.4. The van der Waals surface area contributed by atoms with E-state index in [0.29, 0.717) is 31.5 Å². The van der Waals surface area contributed by atoms with E-state index in [1.54, 1.807) is 0 Å². The molecule has 5 N–H and O–H groups in total. The van der Waals surface area contributed by atoms with Crippen LogP contribution in [-0.2, 0) is 18.9 Å². The molecule has 12 heteroatoms. The van der Waals surface area contributed by atoms with Crippen LogP contribution in [0.2, 0.25) is 0 Å². The van der Waals surface area contributed by atoms with Crippen LogP contribution in [0, 0.1) is 13.8 Å². The number of benzene rings is 2. The van der Waals surface area contributed by atoms with E-state index in [9.17, 15) is 26.3 Å². The fourth-order valence-corrected chi connectivity index (χ4v) is 4.37. The molecule has 6 nitrogen and oxygen atoms in total. The molecular formula is C23H28F6N6. The van der Waals surface area contributed by atoms with E-state index < -0.39 is 29.5 Å². The molecule has 1 unspecified atom stereocenters. The second kappa shape index (κ2) is 9.84. The maximum absolute atomic E-state index is 13.4. The van der Waals surface area contributed by atoms with Crippen molar-refractivity contribution in [3.8, 4) is 0 Å². The zero-order valence-electron chi connectivity index (χ0n) is 19.6. The van der Waals surface area contributed by atoms with Gasteiger partial charge in [-0.25, -0.2) is 11.0 Å². The number of alkyl halides is 6. The van der Waals surface area contributed by atoms with Crippen molar-refractivity contribution in [2.24, 2.45) is 16.7 Å². The number of fused-ring (bicyclic) bond motifs is 1. The summed E-state index contributed by atoms with van der Waals surface area (Å²) in [6, 6.07) is 4.98. The minimum Gasteiger partial charge on any atom is -0.385 e. The van der Waals surface area contributed by atoms with Crippen molar-refractivity contribution in [3.05, 3.63) is 63.7 Å². The molecule has 0 aliphatic carbocycles. The normalized spacial score (nSPS) is 16.9. The van der Waals surface area contributed by atoms with E-state index in [0.717, 1.165) is 27.5 Å². The smallest absolute Gasteiger partial charge is 0.385 e. The van der Waals surface area contributed by atoms with Gasteiger partial charge in [-0.3, -0.25) is 0 Å². The average molecular weight is 503 g/mol. The first-order valence-corrected chi connectivity index (χ1v) is 10.9. The van der Waals surface area contributed by atoms with Gasteiger partial charge in [-0.05, 0) is 61.6 Å². The molecule has 0 amide bonds. The number of hydrazone groups is 1. The van der Waals surface area contributed by atoms with Crippen LogP contribution in [0.25, 0.3) is 0 Å². The van der Waals surface area contributed by atoms with Crippen LogP contribution in [0.5, 0.6) is 0 Å². The minimum absolute atomic E-state index is 0.108. The molecule has 1 aliphatic heterocycles. The first kappa shape index (κ1) is 26.5. The molecule has 2 aromatic carbocycles. The van der Waals surface area contributed by atoms with Gasteiger partial charge in [0, 0.05) is 25.8 Å². The lowest BCUT2D eigenvalue weighted by Gasteiger charge is -2.34. The number of hydrogen-bond donors (Lipinski definition) is 3. The first-order valence-electron chi connectivity index (χ1n) is 10.9. The van der Waals surface area contributed by atoms with Gasteiger partial charge in [-0.15, -0.1) is 5.10 Å². The monoisotopic (exact) mass is 502 g/mol. The molecule has 35 heavy (non-hydrogen) atoms. The maximum atomic E-state index is 13.4. The molecule has 0 bridgehead atoms. The Kier molecular flexibility index (Phi) is 7.44. The molecule has 0 aromatic heterocycles. The lowest BCUT2D eigenvalue weighted by Crippen LogP contribution is -2.42. The highest BCUT2D eigenvalue weighted by molar-refractivity contribution is 5.79. The van der Waals surface area contributed by atoms with Crippen LogP contribution in [0.3, 0.4) is 0 Å². The number of nitrogens with zero attached hydrogens (tertiary/aromatic N) is 3. The molecule has 0 spiro atoms. The molecule has 2 aromatic rings. The van der Waals surface area contributed by atoms with Gasteiger partial charge in [0.1, 0.15) is 0 Å². The third-order valence-corrected chi connectivity index (χ3v) is 5.76. The molecule has 0 saturated carbocycles. The highest BCUT2D eigenvalue weighted by Crippen LogP contribution is 2.40. The van der Waals surface area contributed by atoms with E-state index in [4.69, 9.17) is 11.6 Å². The van der Waals surface area contributed by atoms with Crippen molar-refractivity contribution in [2.45, 2.75) is 51.6 Å². The highest BCUT2D eigenvalue weighted by Gasteiger charge is 2.37. The summed E-state index contributed by atoms with van der Waals surface area (Å²) in [5.74, 6) is 5.49. The molecule has 1 heterocycles. The van der Waals surface area contributed by atoms with Crippen molar-refractivity contribution >= 4 is 11.6 Å². The fraction of sp³-hybridized carbons (Fsp3) is 0.435. The summed E-state index contributed by atoms with van der Waals surface area (Å²) in [7, 11) is 1.41. The molecular weight excluding hydrogens is 474 g/mol. The Morgan fingerprint density at radius 2 is 1.63 bits per heavy atom. The third-order valence-electron chi connectivity index (χ3n) is 5.76. The molecule has 1 atom stereocenters. The van der Waals surface area contributed by atoms with Crippen LogP contribution in [0.1, 0.15) is 52.3 Å². The first-order chi connectivity index (χ1) is 16.2. The topological polar surface area (TPSA) is 82.9 Å². The van der Waals surface area contributed by atoms with Crippen LogP contribution >= 0.6 is 0 Å². The number of hydrogen-bond acceptors (Lipinski definition) is 4. The number of hydrazine groups is 1. The summed E-state index contributed by atoms with van der Waals surface area (Å²) >= 11 is 0. The average Bonchev–Trinajstić information content (AvgIpc) is 2.92. The van der Waals surface area contributed by atoms with Gasteiger partial charge in [0.05, 0.1) is 17.2 Å². The second-order valence-electron chi connectivity index (χ2n) is 8.70. The third kappa shape index (κ3) is 6.30. The van der Waals surface area contributed by atoms with E-state index in [-0.39, 0.29) is 24.1 Å². The Bertz CT molecular complexity index is 1060. The Morgan fingerprint density at radius 3 is 2.17 bits per heavy atom. The van der Waals surface area contributed by atoms with Crippen LogP contribution in [0.15, 0.2) is 35.4 Å². The number of anilines is 1. The molecule has 0 radical (unpaired) electrons. The summed E-state index contributed by atoms with van der Waals surface area (Å²) in [4.78, 5) is 1.50. The van der Waals surface area contributed by atoms with E-state index in [1.165, 1.54) is 11.9 Å². The van der Waals surface area contributed by atoms with E-state index in [2.05, 4.69) is 10.4 Å². The molecule has 192 valence electrons. The Hall–Kier alpha value is -3.15. The van der Waals surface area contributed by atoms with Gasteiger partial charge in [-0.1, -0.05) is 17.7 Å². The fourth-order valence-electron chi connectivity index (χ4n) is 4.37. The summed E-state index contributed by atoms with van der Waals surface area (Å²) in [5.41, 5.74) is 6.87. The molecule has 3 rings (SSSR count). The molecule has 0 fully saturated rings. The maximum Gasteiger partial charge on any atom is 0.416 e. The number of rotatable bonds is 4. The Balaban J connectivity index is 2.16. The van der Waals surface area contributed by atoms with Gasteiger partial charge < -0.3 is 16.0 Å². The summed E-state index contributed by atoms with van der Waals surface area (Å²) < 4.78 is 80.6. The number of guanidine groups is 1. The second-order valence-corrected chi connectivity index (χ2v) is 8.70. The van der Waals surface area contributed by atoms with E-state index in [1.807, 2.05) is 26.0 Å². The predicted octanol–water partition coefficient (Wildman–Crippen LogP) is 5.13. The van der Waals surface area contributed by atoms with Gasteiger partial charge in [0.2, 0.25) is 5.96 Å². The summed E-state index contributed by atoms with van der Waals surface area (Å²) in [5, 5.41) is 8.31. The number of nitrogens with one attached hydrogen (secondary N) is 1. The van der Waals surface area contributed by atoms with Gasteiger partial charge in [0.25, 0.3) is 0 Å². The van der Waals surface area contributed by atoms with Crippen LogP contribution in [0.4, 0.5) is 32.0 Å². The lowest BCUT2D eigenvalue weighted by atomic mass is 9.95. The summed E-state index contributed by atoms with van der Waals surface area (Å²) in [6.07, 6.45) is -8.68. The lowest BCUT2D eigenvalue weighted by molar-refractivity contribution is -0.143. The molecule has 0 saturated heterocycles. The zero-order chi connectivity index (χ0) is 26.1. The SMILES string of the molecule is Cc1cc(C)c2c(c1)C(N(Cc1cc(C(F)(F)F)cc(C(F)(F)F)c1)/C(N)=N/N(C)N)CCCN2. The molecule has 1 aliphatic rings. The van der Waals surface area contributed by atoms with E-state index >= 15 is 0 Å². The van der Waals surface area contributed by atoms with Crippen molar-refractivity contribution in [3.63, 3.8) is 0 Å². The standard InChI is InChI=1S/C23H28F6N6/c1-13-7-14(2)20-18(8-13)19(5-4-6-32-20)35(21(30)33-34(3)31)12-15-9-16(22(24,25)26)11-17(10-15)23(27,28)29/h7-11,19,32H,4-6,12,31H2,1-3H3,(H2,30,33). The van der Waals surface area contributed by atoms with Gasteiger partial charge in [-0.2, -0.15) is 26.3 Å².